The van der Waals surface area contributed by atoms with Crippen molar-refractivity contribution >= 4 is 44.9 Å². The van der Waals surface area contributed by atoms with E-state index >= 15 is 0 Å². The molecule has 0 saturated heterocycles. The number of carbonyl (C=O) groups is 2. The molecule has 0 bridgehead atoms. The van der Waals surface area contributed by atoms with Crippen LogP contribution in [0, 0.1) is 10.1 Å². The van der Waals surface area contributed by atoms with Crippen LogP contribution in [0.4, 0.5) is 11.4 Å². The first-order chi connectivity index (χ1) is 15.7. The van der Waals surface area contributed by atoms with Crippen LogP contribution in [-0.2, 0) is 26.1 Å². The third kappa shape index (κ3) is 6.38. The predicted octanol–water partition coefficient (Wildman–Crippen LogP) is 3.12. The minimum absolute atomic E-state index is 0.00487. The maximum Gasteiger partial charge on any atom is 0.338 e. The Bertz CT molecular complexity index is 1280. The number of ether oxygens (including phenoxy) is 1. The fourth-order valence-corrected chi connectivity index (χ4v) is 3.75. The average Bonchev–Trinajstić information content (AvgIpc) is 3.31. The van der Waals surface area contributed by atoms with Gasteiger partial charge in [-0.25, -0.2) is 17.9 Å². The lowest BCUT2D eigenvalue weighted by Gasteiger charge is -2.08. The second-order valence-corrected chi connectivity index (χ2v) is 8.67. The third-order valence-corrected chi connectivity index (χ3v) is 5.83. The lowest BCUT2D eigenvalue weighted by atomic mass is 10.2. The molecule has 2 aromatic carbocycles. The highest BCUT2D eigenvalue weighted by Crippen LogP contribution is 2.27. The van der Waals surface area contributed by atoms with E-state index in [0.717, 1.165) is 6.07 Å². The van der Waals surface area contributed by atoms with Gasteiger partial charge in [0.2, 0.25) is 10.0 Å². The Morgan fingerprint density at radius 1 is 1.12 bits per heavy atom. The van der Waals surface area contributed by atoms with Crippen LogP contribution in [0.1, 0.15) is 16.1 Å². The maximum absolute atomic E-state index is 12.3. The number of sulfonamides is 1. The zero-order chi connectivity index (χ0) is 24.0. The van der Waals surface area contributed by atoms with E-state index in [9.17, 15) is 28.1 Å². The van der Waals surface area contributed by atoms with Crippen LogP contribution in [0.3, 0.4) is 0 Å². The van der Waals surface area contributed by atoms with E-state index in [4.69, 9.17) is 20.8 Å². The standard InChI is InChI=1S/C20H16ClN3O8S/c21-14-5-8-17(18(10-14)24(27)28)23-19(25)12-32-20(26)13-3-6-16(7-4-13)33(29,30)22-11-15-2-1-9-31-15/h1-10,22H,11-12H2,(H,23,25). The van der Waals surface area contributed by atoms with Crippen molar-refractivity contribution in [2.24, 2.45) is 0 Å². The van der Waals surface area contributed by atoms with Gasteiger partial charge in [-0.05, 0) is 48.5 Å². The van der Waals surface area contributed by atoms with Crippen molar-refractivity contribution in [1.29, 1.82) is 0 Å². The molecule has 33 heavy (non-hydrogen) atoms. The van der Waals surface area contributed by atoms with E-state index in [1.54, 1.807) is 12.1 Å². The van der Waals surface area contributed by atoms with Gasteiger partial charge in [0, 0.05) is 11.1 Å². The van der Waals surface area contributed by atoms with Crippen LogP contribution >= 0.6 is 11.6 Å². The molecule has 0 spiro atoms. The molecule has 0 saturated carbocycles. The number of carbonyl (C=O) groups excluding carboxylic acids is 2. The molecule has 3 rings (SSSR count). The predicted molar refractivity (Wildman–Crippen MR) is 116 cm³/mol. The first-order valence-electron chi connectivity index (χ1n) is 9.19. The topological polar surface area (TPSA) is 158 Å². The fourth-order valence-electron chi connectivity index (χ4n) is 2.60. The van der Waals surface area contributed by atoms with Gasteiger partial charge in [0.25, 0.3) is 11.6 Å². The van der Waals surface area contributed by atoms with E-state index in [1.807, 2.05) is 0 Å². The number of hydrogen-bond acceptors (Lipinski definition) is 8. The van der Waals surface area contributed by atoms with Gasteiger partial charge in [0.05, 0.1) is 28.2 Å². The Kier molecular flexibility index (Phi) is 7.43. The van der Waals surface area contributed by atoms with Crippen LogP contribution in [0.25, 0.3) is 0 Å². The van der Waals surface area contributed by atoms with Gasteiger partial charge in [-0.2, -0.15) is 0 Å². The Balaban J connectivity index is 1.56. The van der Waals surface area contributed by atoms with E-state index in [-0.39, 0.29) is 27.7 Å². The lowest BCUT2D eigenvalue weighted by molar-refractivity contribution is -0.383. The zero-order valence-corrected chi connectivity index (χ0v) is 18.3. The molecule has 0 aliphatic heterocycles. The van der Waals surface area contributed by atoms with E-state index in [2.05, 4.69) is 10.0 Å². The smallest absolute Gasteiger partial charge is 0.338 e. The van der Waals surface area contributed by atoms with E-state index < -0.39 is 39.1 Å². The number of nitro groups is 1. The highest BCUT2D eigenvalue weighted by molar-refractivity contribution is 7.89. The molecule has 1 amide bonds. The Hall–Kier alpha value is -3.74. The number of nitro benzene ring substituents is 1. The molecule has 13 heteroatoms. The number of nitrogens with zero attached hydrogens (tertiary/aromatic N) is 1. The number of rotatable bonds is 9. The molecule has 0 atom stereocenters. The van der Waals surface area contributed by atoms with Gasteiger partial charge < -0.3 is 14.5 Å². The molecule has 0 aliphatic carbocycles. The molecule has 3 aromatic rings. The second-order valence-electron chi connectivity index (χ2n) is 6.47. The summed E-state index contributed by atoms with van der Waals surface area (Å²) in [6.45, 7) is -0.761. The summed E-state index contributed by atoms with van der Waals surface area (Å²) < 4.78 is 36.9. The van der Waals surface area contributed by atoms with Gasteiger partial charge >= 0.3 is 5.97 Å². The summed E-state index contributed by atoms with van der Waals surface area (Å²) >= 11 is 5.72. The maximum atomic E-state index is 12.3. The van der Waals surface area contributed by atoms with Crippen molar-refractivity contribution < 1.29 is 32.1 Å². The number of hydrogen-bond donors (Lipinski definition) is 2. The highest BCUT2D eigenvalue weighted by Gasteiger charge is 2.19. The van der Waals surface area contributed by atoms with E-state index in [0.29, 0.717) is 5.76 Å². The summed E-state index contributed by atoms with van der Waals surface area (Å²) in [5, 5.41) is 13.5. The van der Waals surface area contributed by atoms with Gasteiger partial charge in [0.15, 0.2) is 6.61 Å². The molecule has 11 nitrogen and oxygen atoms in total. The van der Waals surface area contributed by atoms with Crippen LogP contribution in [0.2, 0.25) is 5.02 Å². The molecule has 1 heterocycles. The van der Waals surface area contributed by atoms with Crippen LogP contribution in [0.5, 0.6) is 0 Å². The Morgan fingerprint density at radius 2 is 1.85 bits per heavy atom. The SMILES string of the molecule is O=C(COC(=O)c1ccc(S(=O)(=O)NCc2ccco2)cc1)Nc1ccc(Cl)cc1[N+](=O)[O-]. The lowest BCUT2D eigenvalue weighted by Crippen LogP contribution is -2.23. The molecule has 0 fully saturated rings. The number of nitrogens with one attached hydrogen (secondary N) is 2. The van der Waals surface area contributed by atoms with Gasteiger partial charge in [0.1, 0.15) is 11.4 Å². The highest BCUT2D eigenvalue weighted by atomic mass is 35.5. The molecule has 1 aromatic heterocycles. The molecule has 0 unspecified atom stereocenters. The Morgan fingerprint density at radius 3 is 2.48 bits per heavy atom. The van der Waals surface area contributed by atoms with Crippen LogP contribution in [-0.4, -0.2) is 31.8 Å². The van der Waals surface area contributed by atoms with Gasteiger partial charge in [-0.3, -0.25) is 14.9 Å². The summed E-state index contributed by atoms with van der Waals surface area (Å²) in [5.41, 5.74) is -0.521. The van der Waals surface area contributed by atoms with Crippen molar-refractivity contribution in [2.75, 3.05) is 11.9 Å². The first kappa shape index (κ1) is 23.9. The number of amides is 1. The largest absolute Gasteiger partial charge is 0.468 e. The normalized spacial score (nSPS) is 11.1. The fraction of sp³-hybridized carbons (Fsp3) is 0.100. The van der Waals surface area contributed by atoms with Crippen LogP contribution in [0.15, 0.2) is 70.2 Å². The monoisotopic (exact) mass is 493 g/mol. The third-order valence-electron chi connectivity index (χ3n) is 4.18. The number of halogens is 1. The van der Waals surface area contributed by atoms with Gasteiger partial charge in [-0.15, -0.1) is 0 Å². The minimum Gasteiger partial charge on any atom is -0.468 e. The van der Waals surface area contributed by atoms with Crippen molar-refractivity contribution in [3.05, 3.63) is 87.3 Å². The molecule has 0 radical (unpaired) electrons. The Labute approximate surface area is 192 Å². The van der Waals surface area contributed by atoms with Crippen molar-refractivity contribution in [3.8, 4) is 0 Å². The second kappa shape index (κ2) is 10.3. The number of benzene rings is 2. The molecule has 0 aliphatic rings. The summed E-state index contributed by atoms with van der Waals surface area (Å²) in [4.78, 5) is 34.4. The minimum atomic E-state index is -3.84. The quantitative estimate of drug-likeness (QED) is 0.261. The molecular formula is C20H16ClN3O8S. The number of furan rings is 1. The van der Waals surface area contributed by atoms with E-state index in [1.165, 1.54) is 42.7 Å². The summed E-state index contributed by atoms with van der Waals surface area (Å²) in [5.74, 6) is -1.26. The van der Waals surface area contributed by atoms with Crippen LogP contribution < -0.4 is 10.0 Å². The zero-order valence-electron chi connectivity index (χ0n) is 16.7. The first-order valence-corrected chi connectivity index (χ1v) is 11.0. The molecule has 172 valence electrons. The average molecular weight is 494 g/mol. The van der Waals surface area contributed by atoms with Crippen molar-refractivity contribution in [1.82, 2.24) is 4.72 Å². The summed E-state index contributed by atoms with van der Waals surface area (Å²) in [6, 6.07) is 11.8. The number of anilines is 1. The number of esters is 1. The van der Waals surface area contributed by atoms with Crippen molar-refractivity contribution in [3.63, 3.8) is 0 Å². The molecule has 2 N–H and O–H groups in total. The van der Waals surface area contributed by atoms with Crippen molar-refractivity contribution in [2.45, 2.75) is 11.4 Å². The van der Waals surface area contributed by atoms with Gasteiger partial charge in [-0.1, -0.05) is 11.6 Å². The summed E-state index contributed by atoms with van der Waals surface area (Å²) in [7, 11) is -3.84. The molecular weight excluding hydrogens is 478 g/mol. The summed E-state index contributed by atoms with van der Waals surface area (Å²) in [6.07, 6.45) is 1.42.